The fraction of sp³-hybridized carbons (Fsp3) is 0.393. The van der Waals surface area contributed by atoms with Gasteiger partial charge in [-0.05, 0) is 31.0 Å². The van der Waals surface area contributed by atoms with Crippen LogP contribution in [0.2, 0.25) is 0 Å². The number of thioether (sulfide) groups is 1. The highest BCUT2D eigenvalue weighted by Gasteiger charge is 2.43. The van der Waals surface area contributed by atoms with E-state index in [-0.39, 0.29) is 30.7 Å². The fourth-order valence-electron chi connectivity index (χ4n) is 4.30. The maximum atomic E-state index is 13.6. The van der Waals surface area contributed by atoms with Crippen LogP contribution in [0.3, 0.4) is 0 Å². The second kappa shape index (κ2) is 13.4. The highest BCUT2D eigenvalue weighted by atomic mass is 32.2. The van der Waals surface area contributed by atoms with Gasteiger partial charge in [0.2, 0.25) is 11.8 Å². The number of amidine groups is 2. The van der Waals surface area contributed by atoms with Gasteiger partial charge in [-0.15, -0.1) is 0 Å². The van der Waals surface area contributed by atoms with Gasteiger partial charge in [0.1, 0.15) is 17.6 Å². The summed E-state index contributed by atoms with van der Waals surface area (Å²) in [4.78, 5) is 50.1. The summed E-state index contributed by atoms with van der Waals surface area (Å²) in [6, 6.07) is 13.9. The molecule has 0 radical (unpaired) electrons. The largest absolute Gasteiger partial charge is 0.496 e. The number of benzene rings is 2. The van der Waals surface area contributed by atoms with Crippen LogP contribution < -0.4 is 15.4 Å². The van der Waals surface area contributed by atoms with Crippen molar-refractivity contribution in [3.63, 3.8) is 0 Å². The van der Waals surface area contributed by atoms with E-state index in [0.29, 0.717) is 54.0 Å². The number of fused-ring (bicyclic) bond motifs is 3. The number of amides is 3. The summed E-state index contributed by atoms with van der Waals surface area (Å²) in [5.74, 6) is 0.358. The summed E-state index contributed by atoms with van der Waals surface area (Å²) in [7, 11) is 3.20. The second-order valence-electron chi connectivity index (χ2n) is 9.00. The van der Waals surface area contributed by atoms with Crippen molar-refractivity contribution in [1.82, 2.24) is 15.5 Å². The lowest BCUT2D eigenvalue weighted by Crippen LogP contribution is -2.44. The normalized spacial score (nSPS) is 16.5. The molecule has 0 aliphatic carbocycles. The van der Waals surface area contributed by atoms with E-state index in [2.05, 4.69) is 15.6 Å². The number of hydrogen-bond donors (Lipinski definition) is 2. The van der Waals surface area contributed by atoms with Crippen molar-refractivity contribution in [3.05, 3.63) is 59.7 Å². The van der Waals surface area contributed by atoms with Crippen molar-refractivity contribution in [2.45, 2.75) is 44.0 Å². The summed E-state index contributed by atoms with van der Waals surface area (Å²) >= 11 is 1.23. The zero-order valence-electron chi connectivity index (χ0n) is 22.3. The molecular formula is C28H33N5O5S. The van der Waals surface area contributed by atoms with Crippen molar-refractivity contribution in [1.29, 1.82) is 0 Å². The molecule has 0 saturated carbocycles. The number of hydrogen-bond acceptors (Lipinski definition) is 8. The molecular weight excluding hydrogens is 518 g/mol. The van der Waals surface area contributed by atoms with Crippen molar-refractivity contribution < 1.29 is 23.9 Å². The topological polar surface area (TPSA) is 122 Å². The lowest BCUT2D eigenvalue weighted by atomic mass is 10.1. The molecule has 0 saturated heterocycles. The molecule has 2 aliphatic rings. The zero-order chi connectivity index (χ0) is 27.8. The van der Waals surface area contributed by atoms with Crippen LogP contribution in [-0.4, -0.2) is 72.3 Å². The van der Waals surface area contributed by atoms with Gasteiger partial charge in [-0.2, -0.15) is 0 Å². The molecule has 3 amide bonds. The van der Waals surface area contributed by atoms with Gasteiger partial charge in [-0.3, -0.25) is 19.4 Å². The summed E-state index contributed by atoms with van der Waals surface area (Å²) in [6.45, 7) is 3.25. The van der Waals surface area contributed by atoms with E-state index >= 15 is 0 Å². The van der Waals surface area contributed by atoms with E-state index in [1.807, 2.05) is 55.5 Å². The molecule has 10 nitrogen and oxygen atoms in total. The first-order valence-corrected chi connectivity index (χ1v) is 13.8. The van der Waals surface area contributed by atoms with E-state index in [1.165, 1.54) is 16.7 Å². The molecule has 39 heavy (non-hydrogen) atoms. The molecule has 206 valence electrons. The maximum absolute atomic E-state index is 13.6. The minimum absolute atomic E-state index is 0.106. The van der Waals surface area contributed by atoms with Crippen LogP contribution in [0.4, 0.5) is 5.69 Å². The van der Waals surface area contributed by atoms with E-state index < -0.39 is 11.3 Å². The Hall–Kier alpha value is -3.70. The Morgan fingerprint density at radius 2 is 1.87 bits per heavy atom. The number of methoxy groups -OCH3 is 2. The Balaban J connectivity index is 1.48. The Labute approximate surface area is 232 Å². The molecule has 11 heteroatoms. The van der Waals surface area contributed by atoms with Crippen LogP contribution in [0.1, 0.15) is 37.3 Å². The number of nitrogens with zero attached hydrogens (tertiary/aromatic N) is 3. The minimum Gasteiger partial charge on any atom is -0.496 e. The number of rotatable bonds is 12. The van der Waals surface area contributed by atoms with Gasteiger partial charge in [0, 0.05) is 37.9 Å². The van der Waals surface area contributed by atoms with E-state index in [9.17, 15) is 14.4 Å². The monoisotopic (exact) mass is 551 g/mol. The van der Waals surface area contributed by atoms with Gasteiger partial charge in [-0.25, -0.2) is 9.89 Å². The Bertz CT molecular complexity index is 1280. The van der Waals surface area contributed by atoms with Crippen LogP contribution in [0.5, 0.6) is 5.75 Å². The molecule has 2 aromatic rings. The van der Waals surface area contributed by atoms with E-state index in [4.69, 9.17) is 14.5 Å². The summed E-state index contributed by atoms with van der Waals surface area (Å²) in [6.07, 6.45) is 1.15. The molecule has 0 aromatic heterocycles. The SMILES string of the molecule is CC[C@@H](SC1=Nc2ccccc2C2=N[C@H](CC(=O)NCc3ccccc3OC)C(=O)N12)C(=O)NCCCOC. The van der Waals surface area contributed by atoms with Gasteiger partial charge < -0.3 is 20.1 Å². The molecule has 0 fully saturated rings. The highest BCUT2D eigenvalue weighted by molar-refractivity contribution is 8.15. The molecule has 2 aliphatic heterocycles. The molecule has 0 bridgehead atoms. The number of ether oxygens (including phenoxy) is 2. The molecule has 2 aromatic carbocycles. The fourth-order valence-corrected chi connectivity index (χ4v) is 5.34. The number of aliphatic imine (C=N–C) groups is 2. The summed E-state index contributed by atoms with van der Waals surface area (Å²) in [5, 5.41) is 5.72. The first-order valence-electron chi connectivity index (χ1n) is 12.9. The van der Waals surface area contributed by atoms with Crippen molar-refractivity contribution in [2.75, 3.05) is 27.4 Å². The highest BCUT2D eigenvalue weighted by Crippen LogP contribution is 2.35. The average molecular weight is 552 g/mol. The molecule has 4 rings (SSSR count). The van der Waals surface area contributed by atoms with Crippen LogP contribution in [-0.2, 0) is 25.7 Å². The standard InChI is InChI=1S/C28H33N5O5S/c1-4-23(26(35)29-14-9-15-37-2)39-28-32-20-12-7-6-11-19(20)25-31-21(27(36)33(25)28)16-24(34)30-17-18-10-5-8-13-22(18)38-3/h5-8,10-13,21,23H,4,9,14-17H2,1-3H3,(H,29,35)(H,30,34)/t21-,23-/m1/s1. The zero-order valence-corrected chi connectivity index (χ0v) is 23.1. The average Bonchev–Trinajstić information content (AvgIpc) is 3.28. The molecule has 2 N–H and O–H groups in total. The lowest BCUT2D eigenvalue weighted by molar-refractivity contribution is -0.128. The van der Waals surface area contributed by atoms with E-state index in [0.717, 1.165) is 5.56 Å². The third kappa shape index (κ3) is 6.66. The molecule has 2 atom stereocenters. The summed E-state index contributed by atoms with van der Waals surface area (Å²) < 4.78 is 10.4. The minimum atomic E-state index is -0.891. The predicted molar refractivity (Wildman–Crippen MR) is 151 cm³/mol. The molecule has 2 heterocycles. The van der Waals surface area contributed by atoms with Gasteiger partial charge >= 0.3 is 0 Å². The summed E-state index contributed by atoms with van der Waals surface area (Å²) in [5.41, 5.74) is 2.21. The van der Waals surface area contributed by atoms with Gasteiger partial charge in [0.05, 0.1) is 24.5 Å². The quantitative estimate of drug-likeness (QED) is 0.391. The van der Waals surface area contributed by atoms with Crippen molar-refractivity contribution >= 4 is 46.2 Å². The second-order valence-corrected chi connectivity index (χ2v) is 10.2. The predicted octanol–water partition coefficient (Wildman–Crippen LogP) is 3.02. The Morgan fingerprint density at radius 1 is 1.10 bits per heavy atom. The lowest BCUT2D eigenvalue weighted by Gasteiger charge is -2.27. The number of carbonyl (C=O) groups is 3. The van der Waals surface area contributed by atoms with Crippen LogP contribution in [0.25, 0.3) is 0 Å². The van der Waals surface area contributed by atoms with E-state index in [1.54, 1.807) is 14.2 Å². The van der Waals surface area contributed by atoms with Crippen molar-refractivity contribution in [3.8, 4) is 5.75 Å². The van der Waals surface area contributed by atoms with Crippen LogP contribution in [0.15, 0.2) is 58.5 Å². The van der Waals surface area contributed by atoms with Crippen LogP contribution in [0, 0.1) is 0 Å². The first kappa shape index (κ1) is 28.3. The smallest absolute Gasteiger partial charge is 0.259 e. The van der Waals surface area contributed by atoms with Crippen molar-refractivity contribution in [2.24, 2.45) is 9.98 Å². The third-order valence-corrected chi connectivity index (χ3v) is 7.65. The number of para-hydroxylation sites is 2. The van der Waals surface area contributed by atoms with Gasteiger partial charge in [0.15, 0.2) is 5.17 Å². The third-order valence-electron chi connectivity index (χ3n) is 6.33. The number of nitrogens with one attached hydrogen (secondary N) is 2. The van der Waals surface area contributed by atoms with Gasteiger partial charge in [0.25, 0.3) is 5.91 Å². The Morgan fingerprint density at radius 3 is 2.64 bits per heavy atom. The first-order chi connectivity index (χ1) is 19.0. The van der Waals surface area contributed by atoms with Crippen LogP contribution >= 0.6 is 11.8 Å². The van der Waals surface area contributed by atoms with Gasteiger partial charge in [-0.1, -0.05) is 49.0 Å². The Kier molecular flexibility index (Phi) is 9.72. The molecule has 0 unspecified atom stereocenters. The molecule has 0 spiro atoms. The maximum Gasteiger partial charge on any atom is 0.259 e. The number of carbonyl (C=O) groups excluding carboxylic acids is 3.